The van der Waals surface area contributed by atoms with Crippen LogP contribution in [0, 0.1) is 6.92 Å². The lowest BCUT2D eigenvalue weighted by Gasteiger charge is -2.11. The summed E-state index contributed by atoms with van der Waals surface area (Å²) in [5.41, 5.74) is 4.47. The summed E-state index contributed by atoms with van der Waals surface area (Å²) in [6, 6.07) is 20.6. The second-order valence-corrected chi connectivity index (χ2v) is 9.04. The number of fused-ring (bicyclic) bond motifs is 1. The highest BCUT2D eigenvalue weighted by atomic mass is 35.5. The van der Waals surface area contributed by atoms with Gasteiger partial charge in [-0.25, -0.2) is 4.79 Å². The van der Waals surface area contributed by atoms with Crippen LogP contribution in [0.15, 0.2) is 76.7 Å². The smallest absolute Gasteiger partial charge is 0.323 e. The van der Waals surface area contributed by atoms with Crippen molar-refractivity contribution in [2.24, 2.45) is 0 Å². The van der Waals surface area contributed by atoms with E-state index in [2.05, 4.69) is 25.5 Å². The summed E-state index contributed by atoms with van der Waals surface area (Å²) in [6.45, 7) is 2.02. The maximum Gasteiger partial charge on any atom is 0.323 e. The molecule has 0 spiro atoms. The summed E-state index contributed by atoms with van der Waals surface area (Å²) < 4.78 is 1.94. The van der Waals surface area contributed by atoms with Crippen LogP contribution < -0.4 is 11.0 Å². The summed E-state index contributed by atoms with van der Waals surface area (Å²) in [5, 5.41) is 12.9. The minimum Gasteiger partial charge on any atom is -0.325 e. The molecule has 0 aliphatic rings. The van der Waals surface area contributed by atoms with Gasteiger partial charge >= 0.3 is 5.69 Å². The molecule has 34 heavy (non-hydrogen) atoms. The number of hydrogen-bond acceptors (Lipinski definition) is 5. The number of amides is 1. The van der Waals surface area contributed by atoms with Crippen molar-refractivity contribution in [3.63, 3.8) is 0 Å². The number of H-pyrrole nitrogens is 2. The Labute approximate surface area is 203 Å². The summed E-state index contributed by atoms with van der Waals surface area (Å²) in [6.07, 6.45) is 0. The van der Waals surface area contributed by atoms with E-state index >= 15 is 0 Å². The number of nitrogens with zero attached hydrogens (tertiary/aromatic N) is 3. The van der Waals surface area contributed by atoms with Gasteiger partial charge in [0.2, 0.25) is 5.91 Å². The number of carbonyl (C=O) groups excluding carboxylic acids is 1. The van der Waals surface area contributed by atoms with E-state index < -0.39 is 0 Å². The van der Waals surface area contributed by atoms with Crippen molar-refractivity contribution in [2.75, 3.05) is 11.1 Å². The topological polar surface area (TPSA) is 108 Å². The van der Waals surface area contributed by atoms with Gasteiger partial charge in [0.1, 0.15) is 0 Å². The molecule has 3 aromatic carbocycles. The zero-order valence-electron chi connectivity index (χ0n) is 18.0. The molecule has 0 saturated carbocycles. The Morgan fingerprint density at radius 3 is 2.62 bits per heavy atom. The fraction of sp³-hybridized carbons (Fsp3) is 0.0833. The van der Waals surface area contributed by atoms with E-state index in [9.17, 15) is 9.59 Å². The molecule has 0 aliphatic carbocycles. The fourth-order valence-corrected chi connectivity index (χ4v) is 4.46. The minimum atomic E-state index is -0.291. The normalized spacial score (nSPS) is 11.1. The third-order valence-electron chi connectivity index (χ3n) is 5.13. The van der Waals surface area contributed by atoms with Crippen LogP contribution in [-0.2, 0) is 4.79 Å². The van der Waals surface area contributed by atoms with E-state index in [1.807, 2.05) is 47.9 Å². The van der Waals surface area contributed by atoms with Gasteiger partial charge in [0.05, 0.1) is 16.8 Å². The molecule has 170 valence electrons. The molecule has 0 atom stereocenters. The highest BCUT2D eigenvalue weighted by Crippen LogP contribution is 2.29. The zero-order chi connectivity index (χ0) is 23.7. The van der Waals surface area contributed by atoms with Crippen molar-refractivity contribution < 1.29 is 4.79 Å². The minimum absolute atomic E-state index is 0.131. The Bertz CT molecular complexity index is 1550. The van der Waals surface area contributed by atoms with E-state index in [-0.39, 0.29) is 17.3 Å². The molecule has 8 nitrogen and oxygen atoms in total. The van der Waals surface area contributed by atoms with E-state index in [1.165, 1.54) is 11.8 Å². The lowest BCUT2D eigenvalue weighted by molar-refractivity contribution is -0.113. The SMILES string of the molecule is Cc1cccc(-n2c(SCC(=O)Nc3ccc4[nH]c(=O)[nH]c4c3)nnc2-c2ccc(Cl)cc2)c1. The van der Waals surface area contributed by atoms with Gasteiger partial charge in [-0.3, -0.25) is 9.36 Å². The number of carbonyl (C=O) groups is 1. The van der Waals surface area contributed by atoms with E-state index in [4.69, 9.17) is 11.6 Å². The largest absolute Gasteiger partial charge is 0.325 e. The Morgan fingerprint density at radius 1 is 1.03 bits per heavy atom. The fourth-order valence-electron chi connectivity index (χ4n) is 3.59. The number of rotatable bonds is 6. The highest BCUT2D eigenvalue weighted by Gasteiger charge is 2.18. The molecule has 10 heteroatoms. The number of aromatic amines is 2. The summed E-state index contributed by atoms with van der Waals surface area (Å²) in [5.74, 6) is 0.591. The van der Waals surface area contributed by atoms with Crippen molar-refractivity contribution >= 4 is 46.0 Å². The molecule has 1 amide bonds. The Kier molecular flexibility index (Phi) is 5.95. The average molecular weight is 491 g/mol. The predicted molar refractivity (Wildman–Crippen MR) is 135 cm³/mol. The summed E-state index contributed by atoms with van der Waals surface area (Å²) >= 11 is 7.34. The first-order valence-electron chi connectivity index (χ1n) is 10.4. The molecule has 0 unspecified atom stereocenters. The van der Waals surface area contributed by atoms with Gasteiger partial charge < -0.3 is 15.3 Å². The molecule has 5 rings (SSSR count). The van der Waals surface area contributed by atoms with Crippen LogP contribution in [0.2, 0.25) is 5.02 Å². The number of imidazole rings is 1. The van der Waals surface area contributed by atoms with Gasteiger partial charge in [-0.15, -0.1) is 10.2 Å². The molecule has 0 fully saturated rings. The van der Waals surface area contributed by atoms with Gasteiger partial charge in [-0.1, -0.05) is 35.5 Å². The molecule has 2 heterocycles. The Hall–Kier alpha value is -3.82. The average Bonchev–Trinajstić information content (AvgIpc) is 3.40. The predicted octanol–water partition coefficient (Wildman–Crippen LogP) is 4.80. The Morgan fingerprint density at radius 2 is 1.82 bits per heavy atom. The van der Waals surface area contributed by atoms with Crippen LogP contribution in [0.4, 0.5) is 5.69 Å². The number of thioether (sulfide) groups is 1. The second-order valence-electron chi connectivity index (χ2n) is 7.66. The Balaban J connectivity index is 1.39. The number of halogens is 1. The van der Waals surface area contributed by atoms with Gasteiger partial charge in [0, 0.05) is 22.0 Å². The molecule has 3 N–H and O–H groups in total. The first kappa shape index (κ1) is 22.0. The van der Waals surface area contributed by atoms with Crippen molar-refractivity contribution in [2.45, 2.75) is 12.1 Å². The quantitative estimate of drug-likeness (QED) is 0.296. The molecule has 0 saturated heterocycles. The number of hydrogen-bond donors (Lipinski definition) is 3. The first-order chi connectivity index (χ1) is 16.5. The summed E-state index contributed by atoms with van der Waals surface area (Å²) in [7, 11) is 0. The third kappa shape index (κ3) is 4.61. The maximum atomic E-state index is 12.7. The number of anilines is 1. The molecular weight excluding hydrogens is 472 g/mol. The number of aryl methyl sites for hydroxylation is 1. The van der Waals surface area contributed by atoms with Gasteiger partial charge in [0.15, 0.2) is 11.0 Å². The van der Waals surface area contributed by atoms with Crippen LogP contribution in [0.25, 0.3) is 28.1 Å². The number of aromatic nitrogens is 5. The molecule has 0 radical (unpaired) electrons. The number of nitrogens with one attached hydrogen (secondary N) is 3. The molecule has 2 aromatic heterocycles. The summed E-state index contributed by atoms with van der Waals surface area (Å²) in [4.78, 5) is 29.5. The number of benzene rings is 3. The molecular formula is C24H19ClN6O2S. The van der Waals surface area contributed by atoms with E-state index in [0.717, 1.165) is 16.8 Å². The molecule has 0 aliphatic heterocycles. The van der Waals surface area contributed by atoms with Crippen LogP contribution >= 0.6 is 23.4 Å². The molecule has 5 aromatic rings. The van der Waals surface area contributed by atoms with E-state index in [1.54, 1.807) is 30.3 Å². The van der Waals surface area contributed by atoms with Crippen molar-refractivity contribution in [3.8, 4) is 17.1 Å². The first-order valence-corrected chi connectivity index (χ1v) is 11.8. The van der Waals surface area contributed by atoms with Crippen molar-refractivity contribution in [1.82, 2.24) is 24.7 Å². The lowest BCUT2D eigenvalue weighted by atomic mass is 10.2. The van der Waals surface area contributed by atoms with Crippen molar-refractivity contribution in [1.29, 1.82) is 0 Å². The standard InChI is InChI=1S/C24H19ClN6O2S/c1-14-3-2-4-18(11-14)31-22(15-5-7-16(25)8-6-15)29-30-24(31)34-13-21(32)26-17-9-10-19-20(12-17)28-23(33)27-19/h2-12H,13H2,1H3,(H,26,32)(H2,27,28,33). The monoisotopic (exact) mass is 490 g/mol. The van der Waals surface area contributed by atoms with Gasteiger partial charge in [-0.2, -0.15) is 0 Å². The van der Waals surface area contributed by atoms with Crippen LogP contribution in [0.5, 0.6) is 0 Å². The van der Waals surface area contributed by atoms with Gasteiger partial charge in [-0.05, 0) is 67.1 Å². The second kappa shape index (κ2) is 9.20. The molecule has 0 bridgehead atoms. The highest BCUT2D eigenvalue weighted by molar-refractivity contribution is 7.99. The van der Waals surface area contributed by atoms with Crippen LogP contribution in [0.3, 0.4) is 0 Å². The van der Waals surface area contributed by atoms with Crippen molar-refractivity contribution in [3.05, 3.63) is 87.8 Å². The van der Waals surface area contributed by atoms with Crippen LogP contribution in [-0.4, -0.2) is 36.4 Å². The zero-order valence-corrected chi connectivity index (χ0v) is 19.6. The van der Waals surface area contributed by atoms with Gasteiger partial charge in [0.25, 0.3) is 0 Å². The third-order valence-corrected chi connectivity index (χ3v) is 6.31. The van der Waals surface area contributed by atoms with Crippen LogP contribution in [0.1, 0.15) is 5.56 Å². The van der Waals surface area contributed by atoms with E-state index in [0.29, 0.717) is 32.7 Å². The lowest BCUT2D eigenvalue weighted by Crippen LogP contribution is -2.14. The maximum absolute atomic E-state index is 12.7.